The number of sulfonamides is 1. The minimum Gasteiger partial charge on any atom is -0.492 e. The second-order valence-electron chi connectivity index (χ2n) is 6.71. The number of carbonyl (C=O) groups is 1. The van der Waals surface area contributed by atoms with Crippen LogP contribution in [0.3, 0.4) is 0 Å². The number of hydrogen-bond donors (Lipinski definition) is 1. The van der Waals surface area contributed by atoms with Crippen LogP contribution < -0.4 is 10.1 Å². The van der Waals surface area contributed by atoms with E-state index >= 15 is 0 Å². The van der Waals surface area contributed by atoms with Crippen LogP contribution in [0.5, 0.6) is 5.75 Å². The molecule has 0 atom stereocenters. The summed E-state index contributed by atoms with van der Waals surface area (Å²) in [5.74, 6) is -0.531. The fourth-order valence-corrected chi connectivity index (χ4v) is 5.92. The molecule has 164 valence electrons. The highest BCUT2D eigenvalue weighted by Crippen LogP contribution is 2.31. The summed E-state index contributed by atoms with van der Waals surface area (Å²) in [6.07, 6.45) is -1.91. The zero-order valence-corrected chi connectivity index (χ0v) is 17.6. The molecule has 1 aliphatic heterocycles. The average Bonchev–Trinajstić information content (AvgIpc) is 3.22. The molecular formula is C19H21F3N2O4S2. The predicted molar refractivity (Wildman–Crippen MR) is 106 cm³/mol. The summed E-state index contributed by atoms with van der Waals surface area (Å²) >= 11 is 1.02. The van der Waals surface area contributed by atoms with Gasteiger partial charge in [-0.05, 0) is 42.5 Å². The summed E-state index contributed by atoms with van der Waals surface area (Å²) in [4.78, 5) is 12.5. The van der Waals surface area contributed by atoms with Crippen molar-refractivity contribution in [3.63, 3.8) is 0 Å². The van der Waals surface area contributed by atoms with Crippen LogP contribution in [0.2, 0.25) is 0 Å². The van der Waals surface area contributed by atoms with E-state index in [1.807, 2.05) is 0 Å². The quantitative estimate of drug-likeness (QED) is 0.636. The van der Waals surface area contributed by atoms with E-state index in [4.69, 9.17) is 4.74 Å². The number of amides is 1. The Morgan fingerprint density at radius 1 is 1.17 bits per heavy atom. The van der Waals surface area contributed by atoms with Crippen molar-refractivity contribution in [2.75, 3.05) is 26.2 Å². The third kappa shape index (κ3) is 5.32. The summed E-state index contributed by atoms with van der Waals surface area (Å²) in [6, 6.07) is 5.86. The van der Waals surface area contributed by atoms with E-state index in [1.54, 1.807) is 5.38 Å². The molecule has 0 bridgehead atoms. The van der Waals surface area contributed by atoms with Crippen molar-refractivity contribution in [1.29, 1.82) is 0 Å². The Bertz CT molecular complexity index is 984. The fraction of sp³-hybridized carbons (Fsp3) is 0.421. The summed E-state index contributed by atoms with van der Waals surface area (Å²) in [6.45, 7) is 0.816. The van der Waals surface area contributed by atoms with Gasteiger partial charge in [0.25, 0.3) is 5.91 Å². The second-order valence-corrected chi connectivity index (χ2v) is 9.53. The van der Waals surface area contributed by atoms with E-state index in [0.29, 0.717) is 13.1 Å². The maximum atomic E-state index is 12.8. The molecule has 1 aliphatic rings. The van der Waals surface area contributed by atoms with E-state index in [1.165, 1.54) is 22.5 Å². The van der Waals surface area contributed by atoms with Crippen LogP contribution in [-0.4, -0.2) is 44.9 Å². The number of ether oxygens (including phenoxy) is 1. The molecule has 0 aliphatic carbocycles. The number of carbonyl (C=O) groups excluding carboxylic acids is 1. The number of rotatable bonds is 7. The largest absolute Gasteiger partial charge is 0.492 e. The lowest BCUT2D eigenvalue weighted by Crippen LogP contribution is -2.36. The first-order valence-electron chi connectivity index (χ1n) is 9.35. The van der Waals surface area contributed by atoms with Gasteiger partial charge in [0.05, 0.1) is 12.1 Å². The van der Waals surface area contributed by atoms with Gasteiger partial charge in [-0.3, -0.25) is 4.79 Å². The van der Waals surface area contributed by atoms with Gasteiger partial charge in [0.1, 0.15) is 22.1 Å². The molecule has 1 N–H and O–H groups in total. The third-order valence-electron chi connectivity index (χ3n) is 4.59. The SMILES string of the molecule is O=C(NCCOc1cccc(C(F)(F)F)c1)c1sccc1S(=O)(=O)N1CCCCC1. The van der Waals surface area contributed by atoms with Crippen molar-refractivity contribution in [1.82, 2.24) is 9.62 Å². The van der Waals surface area contributed by atoms with E-state index in [0.717, 1.165) is 42.7 Å². The van der Waals surface area contributed by atoms with Crippen LogP contribution >= 0.6 is 11.3 Å². The first-order chi connectivity index (χ1) is 14.2. The topological polar surface area (TPSA) is 75.7 Å². The number of nitrogens with zero attached hydrogens (tertiary/aromatic N) is 1. The van der Waals surface area contributed by atoms with Crippen molar-refractivity contribution in [2.45, 2.75) is 30.3 Å². The Morgan fingerprint density at radius 2 is 1.90 bits per heavy atom. The molecule has 1 aromatic heterocycles. The Morgan fingerprint density at radius 3 is 2.60 bits per heavy atom. The van der Waals surface area contributed by atoms with Crippen molar-refractivity contribution >= 4 is 27.3 Å². The van der Waals surface area contributed by atoms with E-state index in [9.17, 15) is 26.4 Å². The van der Waals surface area contributed by atoms with E-state index in [2.05, 4.69) is 5.32 Å². The number of alkyl halides is 3. The summed E-state index contributed by atoms with van der Waals surface area (Å²) in [5.41, 5.74) is -0.824. The maximum absolute atomic E-state index is 12.8. The molecule has 3 rings (SSSR count). The van der Waals surface area contributed by atoms with Crippen molar-refractivity contribution in [3.8, 4) is 5.75 Å². The molecule has 1 amide bonds. The molecule has 6 nitrogen and oxygen atoms in total. The lowest BCUT2D eigenvalue weighted by atomic mass is 10.2. The van der Waals surface area contributed by atoms with E-state index in [-0.39, 0.29) is 28.7 Å². The van der Waals surface area contributed by atoms with Crippen LogP contribution in [0.4, 0.5) is 13.2 Å². The van der Waals surface area contributed by atoms with Crippen molar-refractivity contribution in [3.05, 3.63) is 46.2 Å². The molecule has 30 heavy (non-hydrogen) atoms. The van der Waals surface area contributed by atoms with Crippen LogP contribution in [0.1, 0.15) is 34.5 Å². The molecule has 0 unspecified atom stereocenters. The number of halogens is 3. The van der Waals surface area contributed by atoms with Gasteiger partial charge in [-0.25, -0.2) is 8.42 Å². The summed E-state index contributed by atoms with van der Waals surface area (Å²) in [5, 5.41) is 4.10. The van der Waals surface area contributed by atoms with Gasteiger partial charge < -0.3 is 10.1 Å². The molecule has 2 aromatic rings. The lowest BCUT2D eigenvalue weighted by Gasteiger charge is -2.25. The first-order valence-corrected chi connectivity index (χ1v) is 11.7. The molecule has 1 saturated heterocycles. The Labute approximate surface area is 176 Å². The first kappa shape index (κ1) is 22.6. The molecule has 2 heterocycles. The minimum absolute atomic E-state index is 0.0101. The molecule has 11 heteroatoms. The van der Waals surface area contributed by atoms with E-state index < -0.39 is 27.7 Å². The fourth-order valence-electron chi connectivity index (χ4n) is 3.09. The zero-order chi connectivity index (χ0) is 21.8. The smallest absolute Gasteiger partial charge is 0.416 e. The highest BCUT2D eigenvalue weighted by atomic mass is 32.2. The second kappa shape index (κ2) is 9.36. The van der Waals surface area contributed by atoms with Crippen molar-refractivity contribution in [2.24, 2.45) is 0 Å². The molecule has 1 fully saturated rings. The highest BCUT2D eigenvalue weighted by Gasteiger charge is 2.31. The molecular weight excluding hydrogens is 441 g/mol. The monoisotopic (exact) mass is 462 g/mol. The van der Waals surface area contributed by atoms with Gasteiger partial charge in [-0.1, -0.05) is 12.5 Å². The maximum Gasteiger partial charge on any atom is 0.416 e. The number of piperidine rings is 1. The Kier molecular flexibility index (Phi) is 7.04. The lowest BCUT2D eigenvalue weighted by molar-refractivity contribution is -0.137. The summed E-state index contributed by atoms with van der Waals surface area (Å²) in [7, 11) is -3.74. The average molecular weight is 463 g/mol. The van der Waals surface area contributed by atoms with Gasteiger partial charge in [-0.15, -0.1) is 11.3 Å². The number of benzene rings is 1. The molecule has 1 aromatic carbocycles. The van der Waals surface area contributed by atoms with Gasteiger partial charge in [-0.2, -0.15) is 17.5 Å². The highest BCUT2D eigenvalue weighted by molar-refractivity contribution is 7.89. The van der Waals surface area contributed by atoms with Gasteiger partial charge in [0, 0.05) is 13.1 Å². The van der Waals surface area contributed by atoms with Crippen LogP contribution in [-0.2, 0) is 16.2 Å². The zero-order valence-electron chi connectivity index (χ0n) is 15.9. The van der Waals surface area contributed by atoms with Gasteiger partial charge in [0.2, 0.25) is 10.0 Å². The van der Waals surface area contributed by atoms with Crippen LogP contribution in [0, 0.1) is 0 Å². The normalized spacial score (nSPS) is 15.7. The van der Waals surface area contributed by atoms with Gasteiger partial charge in [0.15, 0.2) is 0 Å². The van der Waals surface area contributed by atoms with Gasteiger partial charge >= 0.3 is 6.18 Å². The van der Waals surface area contributed by atoms with Crippen molar-refractivity contribution < 1.29 is 31.1 Å². The Hall–Kier alpha value is -2.11. The summed E-state index contributed by atoms with van der Waals surface area (Å²) < 4.78 is 70.5. The minimum atomic E-state index is -4.47. The number of thiophene rings is 1. The molecule has 0 radical (unpaired) electrons. The predicted octanol–water partition coefficient (Wildman–Crippen LogP) is 3.75. The Balaban J connectivity index is 1.57. The van der Waals surface area contributed by atoms with Crippen LogP contribution in [0.15, 0.2) is 40.6 Å². The number of nitrogens with one attached hydrogen (secondary N) is 1. The molecule has 0 spiro atoms. The standard InChI is InChI=1S/C19H21F3N2O4S2/c20-19(21,22)14-5-4-6-15(13-14)28-11-8-23-18(25)17-16(7-12-29-17)30(26,27)24-9-2-1-3-10-24/h4-7,12-13H,1-3,8-11H2,(H,23,25). The molecule has 0 saturated carbocycles. The number of hydrogen-bond acceptors (Lipinski definition) is 5. The van der Waals surface area contributed by atoms with Crippen LogP contribution in [0.25, 0.3) is 0 Å². The third-order valence-corrected chi connectivity index (χ3v) is 7.57.